The minimum Gasteiger partial charge on any atom is -0.329 e. The van der Waals surface area contributed by atoms with E-state index >= 15 is 0 Å². The number of carbonyl (C=O) groups excluding carboxylic acids is 1. The van der Waals surface area contributed by atoms with Crippen LogP contribution in [0.25, 0.3) is 10.9 Å². The Morgan fingerprint density at radius 3 is 2.86 bits per heavy atom. The molecule has 108 valence electrons. The summed E-state index contributed by atoms with van der Waals surface area (Å²) in [6.07, 6.45) is 2.95. The summed E-state index contributed by atoms with van der Waals surface area (Å²) in [4.78, 5) is 31.8. The molecule has 0 aliphatic carbocycles. The van der Waals surface area contributed by atoms with Crippen molar-refractivity contribution in [3.8, 4) is 0 Å². The first-order valence-electron chi connectivity index (χ1n) is 7.42. The summed E-state index contributed by atoms with van der Waals surface area (Å²) in [6, 6.07) is 7.36. The van der Waals surface area contributed by atoms with E-state index in [9.17, 15) is 9.59 Å². The van der Waals surface area contributed by atoms with Crippen LogP contribution >= 0.6 is 0 Å². The van der Waals surface area contributed by atoms with Crippen LogP contribution in [-0.4, -0.2) is 26.9 Å². The van der Waals surface area contributed by atoms with Crippen molar-refractivity contribution in [3.63, 3.8) is 0 Å². The number of carbonyl (C=O) groups is 1. The lowest BCUT2D eigenvalue weighted by molar-refractivity contribution is -0.144. The number of para-hydroxylation sites is 1. The van der Waals surface area contributed by atoms with E-state index in [0.717, 1.165) is 37.1 Å². The Labute approximate surface area is 122 Å². The van der Waals surface area contributed by atoms with Crippen LogP contribution < -0.4 is 5.56 Å². The van der Waals surface area contributed by atoms with Crippen LogP contribution in [0.5, 0.6) is 0 Å². The first-order chi connectivity index (χ1) is 10.1. The number of benzene rings is 1. The molecule has 5 heteroatoms. The first kappa shape index (κ1) is 12.6. The van der Waals surface area contributed by atoms with Gasteiger partial charge in [0.25, 0.3) is 5.56 Å². The Morgan fingerprint density at radius 2 is 2.00 bits per heavy atom. The van der Waals surface area contributed by atoms with Gasteiger partial charge in [-0.15, -0.1) is 0 Å². The van der Waals surface area contributed by atoms with Gasteiger partial charge < -0.3 is 4.90 Å². The van der Waals surface area contributed by atoms with Crippen LogP contribution in [0.15, 0.2) is 29.1 Å². The van der Waals surface area contributed by atoms with Crippen LogP contribution in [0.4, 0.5) is 0 Å². The molecule has 1 aromatic heterocycles. The summed E-state index contributed by atoms with van der Waals surface area (Å²) < 4.78 is 1.58. The molecule has 1 fully saturated rings. The van der Waals surface area contributed by atoms with Gasteiger partial charge in [0.15, 0.2) is 0 Å². The summed E-state index contributed by atoms with van der Waals surface area (Å²) in [5.74, 6) is 0.773. The van der Waals surface area contributed by atoms with Crippen molar-refractivity contribution in [2.24, 2.45) is 0 Å². The largest absolute Gasteiger partial charge is 0.329 e. The predicted octanol–water partition coefficient (Wildman–Crippen LogP) is 1.64. The fourth-order valence-electron chi connectivity index (χ4n) is 3.70. The molecule has 2 aliphatic rings. The normalized spacial score (nSPS) is 24.8. The molecule has 0 N–H and O–H groups in total. The Morgan fingerprint density at radius 1 is 1.19 bits per heavy atom. The van der Waals surface area contributed by atoms with E-state index in [0.29, 0.717) is 5.39 Å². The van der Waals surface area contributed by atoms with E-state index in [1.54, 1.807) is 10.6 Å². The minimum absolute atomic E-state index is 0.0314. The van der Waals surface area contributed by atoms with Crippen molar-refractivity contribution < 1.29 is 4.79 Å². The van der Waals surface area contributed by atoms with Gasteiger partial charge in [0.1, 0.15) is 12.4 Å². The quantitative estimate of drug-likeness (QED) is 0.738. The lowest BCUT2D eigenvalue weighted by Gasteiger charge is -2.48. The van der Waals surface area contributed by atoms with Gasteiger partial charge in [-0.25, -0.2) is 4.98 Å². The van der Waals surface area contributed by atoms with Gasteiger partial charge in [-0.1, -0.05) is 12.1 Å². The Bertz CT molecular complexity index is 811. The molecule has 2 aliphatic heterocycles. The highest BCUT2D eigenvalue weighted by Crippen LogP contribution is 2.38. The number of fused-ring (bicyclic) bond motifs is 4. The van der Waals surface area contributed by atoms with Crippen molar-refractivity contribution in [1.29, 1.82) is 0 Å². The van der Waals surface area contributed by atoms with Crippen LogP contribution in [-0.2, 0) is 16.9 Å². The highest BCUT2D eigenvalue weighted by atomic mass is 16.2. The molecular weight excluding hydrogens is 266 g/mol. The molecule has 1 atom stereocenters. The zero-order valence-corrected chi connectivity index (χ0v) is 12.0. The maximum Gasteiger partial charge on any atom is 0.261 e. The predicted molar refractivity (Wildman–Crippen MR) is 78.9 cm³/mol. The van der Waals surface area contributed by atoms with E-state index in [2.05, 4.69) is 0 Å². The van der Waals surface area contributed by atoms with Crippen molar-refractivity contribution >= 4 is 16.8 Å². The average molecular weight is 283 g/mol. The number of amides is 1. The SMILES string of the molecule is CC12CCCCN1C(=O)Cn1c2nc2ccccc2c1=O. The van der Waals surface area contributed by atoms with Crippen LogP contribution in [0.3, 0.4) is 0 Å². The zero-order chi connectivity index (χ0) is 14.6. The van der Waals surface area contributed by atoms with E-state index < -0.39 is 5.54 Å². The molecule has 1 saturated heterocycles. The van der Waals surface area contributed by atoms with Crippen LogP contribution in [0.1, 0.15) is 32.0 Å². The smallest absolute Gasteiger partial charge is 0.261 e. The highest BCUT2D eigenvalue weighted by molar-refractivity contribution is 5.81. The number of aromatic nitrogens is 2. The monoisotopic (exact) mass is 283 g/mol. The summed E-state index contributed by atoms with van der Waals surface area (Å²) in [5.41, 5.74) is 0.168. The van der Waals surface area contributed by atoms with Gasteiger partial charge in [0.05, 0.1) is 16.4 Å². The Hall–Kier alpha value is -2.17. The van der Waals surface area contributed by atoms with E-state index in [-0.39, 0.29) is 18.0 Å². The number of rotatable bonds is 0. The van der Waals surface area contributed by atoms with Crippen LogP contribution in [0.2, 0.25) is 0 Å². The Kier molecular flexibility index (Phi) is 2.49. The third-order valence-electron chi connectivity index (χ3n) is 4.83. The van der Waals surface area contributed by atoms with E-state index in [4.69, 9.17) is 4.98 Å². The molecule has 1 unspecified atom stereocenters. The molecule has 0 saturated carbocycles. The lowest BCUT2D eigenvalue weighted by atomic mass is 9.85. The highest BCUT2D eigenvalue weighted by Gasteiger charge is 2.45. The molecule has 5 nitrogen and oxygen atoms in total. The summed E-state index contributed by atoms with van der Waals surface area (Å²) >= 11 is 0. The fraction of sp³-hybridized carbons (Fsp3) is 0.438. The molecule has 21 heavy (non-hydrogen) atoms. The molecule has 0 spiro atoms. The number of hydrogen-bond donors (Lipinski definition) is 0. The second kappa shape index (κ2) is 4.16. The van der Waals surface area contributed by atoms with Gasteiger partial charge in [-0.2, -0.15) is 0 Å². The minimum atomic E-state index is -0.448. The van der Waals surface area contributed by atoms with Gasteiger partial charge in [-0.05, 0) is 38.3 Å². The zero-order valence-electron chi connectivity index (χ0n) is 12.0. The van der Waals surface area contributed by atoms with Gasteiger partial charge in [0.2, 0.25) is 5.91 Å². The van der Waals surface area contributed by atoms with Crippen molar-refractivity contribution in [1.82, 2.24) is 14.5 Å². The molecule has 3 heterocycles. The lowest BCUT2D eigenvalue weighted by Crippen LogP contribution is -2.58. The summed E-state index contributed by atoms with van der Waals surface area (Å²) in [6.45, 7) is 2.91. The molecule has 1 aromatic carbocycles. The molecule has 0 bridgehead atoms. The third kappa shape index (κ3) is 1.60. The second-order valence-electron chi connectivity index (χ2n) is 6.12. The number of piperidine rings is 1. The van der Waals surface area contributed by atoms with E-state index in [1.807, 2.05) is 30.0 Å². The molecular formula is C16H17N3O2. The summed E-state index contributed by atoms with van der Waals surface area (Å²) in [5, 5.41) is 0.585. The molecule has 4 rings (SSSR count). The maximum absolute atomic E-state index is 12.7. The van der Waals surface area contributed by atoms with Crippen LogP contribution in [0, 0.1) is 0 Å². The third-order valence-corrected chi connectivity index (χ3v) is 4.83. The van der Waals surface area contributed by atoms with Gasteiger partial charge >= 0.3 is 0 Å². The molecule has 0 radical (unpaired) electrons. The fourth-order valence-corrected chi connectivity index (χ4v) is 3.70. The van der Waals surface area contributed by atoms with Gasteiger partial charge in [-0.3, -0.25) is 14.2 Å². The maximum atomic E-state index is 12.7. The van der Waals surface area contributed by atoms with Crippen molar-refractivity contribution in [2.45, 2.75) is 38.3 Å². The summed E-state index contributed by atoms with van der Waals surface area (Å²) in [7, 11) is 0. The molecule has 2 aromatic rings. The first-order valence-corrected chi connectivity index (χ1v) is 7.42. The molecule has 1 amide bonds. The topological polar surface area (TPSA) is 55.2 Å². The van der Waals surface area contributed by atoms with Gasteiger partial charge in [0, 0.05) is 6.54 Å². The second-order valence-corrected chi connectivity index (χ2v) is 6.12. The standard InChI is InChI=1S/C16H17N3O2/c1-16-8-4-5-9-19(16)13(20)10-18-14(21)11-6-2-3-7-12(11)17-15(16)18/h2-3,6-7H,4-5,8-10H2,1H3. The number of hydrogen-bond acceptors (Lipinski definition) is 3. The number of nitrogens with zero attached hydrogens (tertiary/aromatic N) is 3. The van der Waals surface area contributed by atoms with Crippen molar-refractivity contribution in [2.75, 3.05) is 6.54 Å². The van der Waals surface area contributed by atoms with E-state index in [1.165, 1.54) is 0 Å². The average Bonchev–Trinajstić information content (AvgIpc) is 2.49. The Balaban J connectivity index is 2.06. The van der Waals surface area contributed by atoms with Crippen molar-refractivity contribution in [3.05, 3.63) is 40.4 Å².